The number of pyridine rings is 1. The van der Waals surface area contributed by atoms with Gasteiger partial charge >= 0.3 is 0 Å². The Labute approximate surface area is 226 Å². The number of anilines is 2. The van der Waals surface area contributed by atoms with E-state index in [1.54, 1.807) is 12.4 Å². The van der Waals surface area contributed by atoms with Gasteiger partial charge in [0.25, 0.3) is 5.91 Å². The Morgan fingerprint density at radius 2 is 1.89 bits per heavy atom. The molecule has 0 spiro atoms. The Balaban J connectivity index is 1.10. The number of hydrogen-bond acceptors (Lipinski definition) is 7. The third-order valence-corrected chi connectivity index (χ3v) is 8.03. The minimum absolute atomic E-state index is 0.155. The van der Waals surface area contributed by atoms with Crippen molar-refractivity contribution in [3.63, 3.8) is 0 Å². The van der Waals surface area contributed by atoms with Crippen LogP contribution < -0.4 is 20.3 Å². The highest BCUT2D eigenvalue weighted by Gasteiger charge is 2.29. The molecule has 0 unspecified atom stereocenters. The first-order valence-corrected chi connectivity index (χ1v) is 14.2. The lowest BCUT2D eigenvalue weighted by Gasteiger charge is -2.27. The van der Waals surface area contributed by atoms with E-state index in [0.717, 1.165) is 62.3 Å². The lowest BCUT2D eigenvalue weighted by atomic mass is 10.1. The monoisotopic (exact) mass is 528 g/mol. The highest BCUT2D eigenvalue weighted by molar-refractivity contribution is 7.14. The van der Waals surface area contributed by atoms with Gasteiger partial charge in [0.2, 0.25) is 0 Å². The van der Waals surface area contributed by atoms with E-state index >= 15 is 0 Å². The number of benzene rings is 1. The Kier molecular flexibility index (Phi) is 7.37. The lowest BCUT2D eigenvalue weighted by Crippen LogP contribution is -2.34. The second-order valence-electron chi connectivity index (χ2n) is 9.82. The molecule has 2 aliphatic heterocycles. The maximum absolute atomic E-state index is 13.1. The Morgan fingerprint density at radius 3 is 2.71 bits per heavy atom. The first kappa shape index (κ1) is 24.6. The van der Waals surface area contributed by atoms with E-state index < -0.39 is 0 Å². The van der Waals surface area contributed by atoms with Crippen LogP contribution in [0.3, 0.4) is 0 Å². The van der Waals surface area contributed by atoms with Gasteiger partial charge in [0.15, 0.2) is 5.13 Å². The highest BCUT2D eigenvalue weighted by Crippen LogP contribution is 2.38. The van der Waals surface area contributed by atoms with Gasteiger partial charge in [-0.25, -0.2) is 4.98 Å². The van der Waals surface area contributed by atoms with Gasteiger partial charge in [-0.1, -0.05) is 0 Å². The molecule has 6 rings (SSSR count). The van der Waals surface area contributed by atoms with Crippen molar-refractivity contribution in [3.8, 4) is 5.75 Å². The fourth-order valence-electron chi connectivity index (χ4n) is 5.31. The minimum Gasteiger partial charge on any atom is -0.490 e. The number of amides is 1. The van der Waals surface area contributed by atoms with Gasteiger partial charge < -0.3 is 19.5 Å². The van der Waals surface area contributed by atoms with Gasteiger partial charge in [0.05, 0.1) is 11.7 Å². The van der Waals surface area contributed by atoms with E-state index in [9.17, 15) is 4.79 Å². The van der Waals surface area contributed by atoms with Crippen LogP contribution in [0.4, 0.5) is 10.8 Å². The summed E-state index contributed by atoms with van der Waals surface area (Å²) in [5, 5.41) is 9.09. The average Bonchev–Trinajstić information content (AvgIpc) is 3.72. The molecule has 8 nitrogen and oxygen atoms in total. The van der Waals surface area contributed by atoms with E-state index in [1.807, 2.05) is 35.0 Å². The van der Waals surface area contributed by atoms with Crippen LogP contribution in [-0.4, -0.2) is 46.2 Å². The summed E-state index contributed by atoms with van der Waals surface area (Å²) in [7, 11) is 0. The van der Waals surface area contributed by atoms with Gasteiger partial charge in [-0.15, -0.1) is 11.3 Å². The number of thiazole rings is 1. The zero-order valence-electron chi connectivity index (χ0n) is 21.3. The predicted molar refractivity (Wildman–Crippen MR) is 150 cm³/mol. The SMILES string of the molecule is O=C(Nc1nc([C@H]2CCCN2c2ccc(OC3CCNCC3)cc2)cs1)c1cccn1Cc1ccncc1. The highest BCUT2D eigenvalue weighted by atomic mass is 32.1. The summed E-state index contributed by atoms with van der Waals surface area (Å²) in [6.07, 6.45) is 9.99. The molecule has 4 aromatic rings. The third kappa shape index (κ3) is 5.58. The summed E-state index contributed by atoms with van der Waals surface area (Å²) in [6, 6.07) is 16.3. The van der Waals surface area contributed by atoms with Crippen LogP contribution in [-0.2, 0) is 6.54 Å². The Bertz CT molecular complexity index is 1350. The van der Waals surface area contributed by atoms with Crippen molar-refractivity contribution >= 4 is 28.1 Å². The molecule has 38 heavy (non-hydrogen) atoms. The third-order valence-electron chi connectivity index (χ3n) is 7.26. The summed E-state index contributed by atoms with van der Waals surface area (Å²) in [5.41, 5.74) is 3.88. The fourth-order valence-corrected chi connectivity index (χ4v) is 6.06. The number of rotatable bonds is 8. The Morgan fingerprint density at radius 1 is 1.08 bits per heavy atom. The molecular weight excluding hydrogens is 496 g/mol. The molecule has 1 atom stereocenters. The Hall–Kier alpha value is -3.69. The smallest absolute Gasteiger partial charge is 0.274 e. The summed E-state index contributed by atoms with van der Waals surface area (Å²) in [5.74, 6) is 0.779. The van der Waals surface area contributed by atoms with Gasteiger partial charge in [0.1, 0.15) is 17.5 Å². The van der Waals surface area contributed by atoms with Gasteiger partial charge in [0, 0.05) is 42.7 Å². The summed E-state index contributed by atoms with van der Waals surface area (Å²) < 4.78 is 8.12. The van der Waals surface area contributed by atoms with Crippen molar-refractivity contribution in [2.24, 2.45) is 0 Å². The molecule has 1 aromatic carbocycles. The zero-order valence-corrected chi connectivity index (χ0v) is 22.1. The van der Waals surface area contributed by atoms with Crippen molar-refractivity contribution < 1.29 is 9.53 Å². The maximum atomic E-state index is 13.1. The number of piperidine rings is 1. The average molecular weight is 529 g/mol. The summed E-state index contributed by atoms with van der Waals surface area (Å²) >= 11 is 1.48. The molecule has 0 radical (unpaired) electrons. The quantitative estimate of drug-likeness (QED) is 0.331. The molecule has 5 heterocycles. The number of aromatic nitrogens is 3. The molecule has 2 saturated heterocycles. The first-order chi connectivity index (χ1) is 18.7. The van der Waals surface area contributed by atoms with Gasteiger partial charge in [-0.2, -0.15) is 0 Å². The van der Waals surface area contributed by atoms with Crippen LogP contribution >= 0.6 is 11.3 Å². The predicted octanol–water partition coefficient (Wildman–Crippen LogP) is 5.11. The molecule has 0 saturated carbocycles. The second-order valence-corrected chi connectivity index (χ2v) is 10.7. The molecule has 196 valence electrons. The van der Waals surface area contributed by atoms with E-state index in [0.29, 0.717) is 23.5 Å². The van der Waals surface area contributed by atoms with Crippen molar-refractivity contribution in [3.05, 3.63) is 89.5 Å². The van der Waals surface area contributed by atoms with Crippen molar-refractivity contribution in [1.29, 1.82) is 0 Å². The van der Waals surface area contributed by atoms with Gasteiger partial charge in [-0.3, -0.25) is 15.1 Å². The molecule has 0 bridgehead atoms. The van der Waals surface area contributed by atoms with Crippen LogP contribution in [0.1, 0.15) is 53.5 Å². The van der Waals surface area contributed by atoms with Crippen LogP contribution in [0.2, 0.25) is 0 Å². The number of carbonyl (C=O) groups is 1. The largest absolute Gasteiger partial charge is 0.490 e. The first-order valence-electron chi connectivity index (χ1n) is 13.3. The molecular formula is C29H32N6O2S. The number of ether oxygens (including phenoxy) is 1. The summed E-state index contributed by atoms with van der Waals surface area (Å²) in [4.78, 5) is 24.4. The fraction of sp³-hybridized carbons (Fsp3) is 0.345. The van der Waals surface area contributed by atoms with E-state index in [1.165, 1.54) is 17.0 Å². The van der Waals surface area contributed by atoms with E-state index in [-0.39, 0.29) is 11.9 Å². The van der Waals surface area contributed by atoms with Gasteiger partial charge in [-0.05, 0) is 92.9 Å². The molecule has 1 amide bonds. The molecule has 2 fully saturated rings. The van der Waals surface area contributed by atoms with E-state index in [2.05, 4.69) is 50.2 Å². The van der Waals surface area contributed by atoms with Crippen LogP contribution in [0.5, 0.6) is 5.75 Å². The molecule has 2 aliphatic rings. The van der Waals surface area contributed by atoms with Crippen LogP contribution in [0.15, 0.2) is 72.5 Å². The van der Waals surface area contributed by atoms with E-state index in [4.69, 9.17) is 9.72 Å². The summed E-state index contributed by atoms with van der Waals surface area (Å²) in [6.45, 7) is 3.64. The topological polar surface area (TPSA) is 84.3 Å². The number of hydrogen-bond donors (Lipinski definition) is 2. The molecule has 0 aliphatic carbocycles. The standard InChI is InChI=1S/C29H32N6O2S/c36-28(27-4-1-17-34(27)19-21-9-13-30-14-10-21)33-29-32-25(20-38-29)26-3-2-18-35(26)22-5-7-23(8-6-22)37-24-11-15-31-16-12-24/h1,4-10,13-14,17,20,24,26,31H,2-3,11-12,15-16,18-19H2,(H,32,33,36)/t26-/m1/s1. The van der Waals surface area contributed by atoms with Crippen LogP contribution in [0.25, 0.3) is 0 Å². The number of nitrogens with zero attached hydrogens (tertiary/aromatic N) is 4. The molecule has 9 heteroatoms. The number of nitrogens with one attached hydrogen (secondary N) is 2. The normalized spacial score (nSPS) is 18.0. The minimum atomic E-state index is -0.155. The molecule has 3 aromatic heterocycles. The van der Waals surface area contributed by atoms with Crippen molar-refractivity contribution in [2.45, 2.75) is 44.4 Å². The molecule has 2 N–H and O–H groups in total. The van der Waals surface area contributed by atoms with Crippen molar-refractivity contribution in [1.82, 2.24) is 19.9 Å². The second kappa shape index (κ2) is 11.4. The zero-order chi connectivity index (χ0) is 25.7. The number of carbonyl (C=O) groups excluding carboxylic acids is 1. The van der Waals surface area contributed by atoms with Crippen molar-refractivity contribution in [2.75, 3.05) is 29.9 Å². The lowest BCUT2D eigenvalue weighted by molar-refractivity contribution is 0.101. The maximum Gasteiger partial charge on any atom is 0.274 e. The van der Waals surface area contributed by atoms with Crippen LogP contribution in [0, 0.1) is 0 Å².